The van der Waals surface area contributed by atoms with Crippen LogP contribution in [0.25, 0.3) is 0 Å². The average molecular weight is 751 g/mol. The maximum Gasteiger partial charge on any atom is 0.343 e. The third-order valence-electron chi connectivity index (χ3n) is 7.54. The molecule has 13 heteroatoms. The molecule has 0 aliphatic carbocycles. The number of ether oxygens (including phenoxy) is 6. The van der Waals surface area contributed by atoms with Crippen molar-refractivity contribution in [3.63, 3.8) is 0 Å². The maximum absolute atomic E-state index is 12.8. The molecule has 0 aliphatic heterocycles. The SMILES string of the molecule is C=CC(=O)OCCCCCCOc1ccc(C(=O)Oc2ccc(C=NN=Cc3ccc(OOCc4ccc(OC(=O)C=C)c(OC)c4)cc3)cc2)cc1OC. The van der Waals surface area contributed by atoms with Gasteiger partial charge in [-0.1, -0.05) is 19.2 Å². The van der Waals surface area contributed by atoms with E-state index in [2.05, 4.69) is 23.4 Å². The molecular formula is C42H42N2O11. The second kappa shape index (κ2) is 22.4. The van der Waals surface area contributed by atoms with Crippen molar-refractivity contribution in [1.82, 2.24) is 0 Å². The van der Waals surface area contributed by atoms with Gasteiger partial charge in [-0.15, -0.1) is 0 Å². The standard InChI is InChI=1S/C42H42N2O11/c1-5-40(45)51-24-10-8-7-9-23-50-36-22-16-33(26-39(36)49-4)42(47)53-34-17-11-30(12-18-34)27-43-44-28-31-13-19-35(20-14-31)55-52-29-32-15-21-37(38(25-32)48-3)54-41(46)6-2/h5-6,11-22,25-28H,1-2,7-10,23-24,29H2,3-4H3. The molecule has 0 saturated carbocycles. The molecule has 13 nitrogen and oxygen atoms in total. The van der Waals surface area contributed by atoms with Gasteiger partial charge >= 0.3 is 17.9 Å². The molecular weight excluding hydrogens is 708 g/mol. The van der Waals surface area contributed by atoms with Crippen LogP contribution in [0.3, 0.4) is 0 Å². The van der Waals surface area contributed by atoms with Gasteiger partial charge < -0.3 is 33.3 Å². The summed E-state index contributed by atoms with van der Waals surface area (Å²) in [6.45, 7) is 7.72. The molecule has 0 N–H and O–H groups in total. The summed E-state index contributed by atoms with van der Waals surface area (Å²) >= 11 is 0. The molecule has 4 aromatic rings. The van der Waals surface area contributed by atoms with Crippen molar-refractivity contribution in [1.29, 1.82) is 0 Å². The number of esters is 3. The van der Waals surface area contributed by atoms with Crippen LogP contribution >= 0.6 is 0 Å². The van der Waals surface area contributed by atoms with E-state index in [1.165, 1.54) is 14.2 Å². The monoisotopic (exact) mass is 750 g/mol. The number of unbranched alkanes of at least 4 members (excludes halogenated alkanes) is 3. The van der Waals surface area contributed by atoms with Gasteiger partial charge in [0, 0.05) is 12.2 Å². The molecule has 4 aromatic carbocycles. The lowest BCUT2D eigenvalue weighted by atomic mass is 10.2. The minimum atomic E-state index is -0.588. The van der Waals surface area contributed by atoms with Gasteiger partial charge in [-0.2, -0.15) is 15.1 Å². The Labute approximate surface area is 319 Å². The van der Waals surface area contributed by atoms with E-state index in [1.807, 2.05) is 0 Å². The number of benzene rings is 4. The van der Waals surface area contributed by atoms with Crippen LogP contribution in [-0.2, 0) is 25.8 Å². The highest BCUT2D eigenvalue weighted by Gasteiger charge is 2.14. The fourth-order valence-electron chi connectivity index (χ4n) is 4.68. The molecule has 0 radical (unpaired) electrons. The number of carbonyl (C=O) groups is 3. The van der Waals surface area contributed by atoms with Crippen LogP contribution in [0.1, 0.15) is 52.7 Å². The lowest BCUT2D eigenvalue weighted by molar-refractivity contribution is -0.217. The van der Waals surface area contributed by atoms with E-state index in [4.69, 9.17) is 38.2 Å². The van der Waals surface area contributed by atoms with E-state index in [-0.39, 0.29) is 12.4 Å². The average Bonchev–Trinajstić information content (AvgIpc) is 3.21. The number of carbonyl (C=O) groups excluding carboxylic acids is 3. The zero-order chi connectivity index (χ0) is 39.3. The Morgan fingerprint density at radius 2 is 1.22 bits per heavy atom. The Hall–Kier alpha value is -6.73. The van der Waals surface area contributed by atoms with E-state index in [9.17, 15) is 14.4 Å². The summed E-state index contributed by atoms with van der Waals surface area (Å²) in [5.41, 5.74) is 2.59. The first kappa shape index (κ1) is 41.0. The molecule has 0 spiro atoms. The second-order valence-corrected chi connectivity index (χ2v) is 11.5. The summed E-state index contributed by atoms with van der Waals surface area (Å²) in [4.78, 5) is 46.1. The molecule has 0 unspecified atom stereocenters. The predicted octanol–water partition coefficient (Wildman–Crippen LogP) is 7.65. The second-order valence-electron chi connectivity index (χ2n) is 11.5. The van der Waals surface area contributed by atoms with Gasteiger partial charge in [0.1, 0.15) is 12.4 Å². The van der Waals surface area contributed by atoms with Gasteiger partial charge in [0.25, 0.3) is 0 Å². The Kier molecular flexibility index (Phi) is 16.7. The Bertz CT molecular complexity index is 1960. The quantitative estimate of drug-likeness (QED) is 0.0148. The Morgan fingerprint density at radius 3 is 1.85 bits per heavy atom. The van der Waals surface area contributed by atoms with Gasteiger partial charge in [-0.25, -0.2) is 14.4 Å². The predicted molar refractivity (Wildman–Crippen MR) is 205 cm³/mol. The summed E-state index contributed by atoms with van der Waals surface area (Å²) in [7, 11) is 2.97. The molecule has 0 aromatic heterocycles. The van der Waals surface area contributed by atoms with Gasteiger partial charge in [-0.05, 0) is 121 Å². The number of rotatable bonds is 22. The molecule has 4 rings (SSSR count). The van der Waals surface area contributed by atoms with Crippen molar-refractivity contribution in [3.8, 4) is 34.5 Å². The van der Waals surface area contributed by atoms with E-state index in [0.717, 1.165) is 54.5 Å². The lowest BCUT2D eigenvalue weighted by Crippen LogP contribution is -2.09. The number of methoxy groups -OCH3 is 2. The van der Waals surface area contributed by atoms with Crippen LogP contribution in [0.15, 0.2) is 120 Å². The summed E-state index contributed by atoms with van der Waals surface area (Å²) in [6.07, 6.45) is 8.78. The van der Waals surface area contributed by atoms with E-state index in [0.29, 0.717) is 47.5 Å². The van der Waals surface area contributed by atoms with Crippen LogP contribution in [0.2, 0.25) is 0 Å². The van der Waals surface area contributed by atoms with Crippen LogP contribution in [0.5, 0.6) is 34.5 Å². The molecule has 0 heterocycles. The zero-order valence-electron chi connectivity index (χ0n) is 30.6. The molecule has 0 bridgehead atoms. The van der Waals surface area contributed by atoms with Crippen molar-refractivity contribution >= 4 is 30.3 Å². The fourth-order valence-corrected chi connectivity index (χ4v) is 4.68. The highest BCUT2D eigenvalue weighted by Crippen LogP contribution is 2.30. The van der Waals surface area contributed by atoms with Crippen LogP contribution < -0.4 is 28.6 Å². The van der Waals surface area contributed by atoms with Crippen LogP contribution in [0.4, 0.5) is 0 Å². The van der Waals surface area contributed by atoms with Gasteiger partial charge in [-0.3, -0.25) is 0 Å². The van der Waals surface area contributed by atoms with Gasteiger partial charge in [0.05, 0.1) is 45.4 Å². The van der Waals surface area contributed by atoms with Crippen molar-refractivity contribution in [3.05, 3.63) is 132 Å². The number of hydrogen-bond donors (Lipinski definition) is 0. The Balaban J connectivity index is 1.17. The summed E-state index contributed by atoms with van der Waals surface area (Å²) in [5.74, 6) is 0.882. The maximum atomic E-state index is 12.8. The lowest BCUT2D eigenvalue weighted by Gasteiger charge is -2.12. The van der Waals surface area contributed by atoms with Crippen molar-refractivity contribution < 1.29 is 52.6 Å². The third kappa shape index (κ3) is 14.0. The van der Waals surface area contributed by atoms with E-state index < -0.39 is 17.9 Å². The van der Waals surface area contributed by atoms with E-state index >= 15 is 0 Å². The first-order valence-corrected chi connectivity index (χ1v) is 17.2. The van der Waals surface area contributed by atoms with Crippen LogP contribution in [0, 0.1) is 0 Å². The van der Waals surface area contributed by atoms with Crippen molar-refractivity contribution in [2.24, 2.45) is 10.2 Å². The normalized spacial score (nSPS) is 10.8. The molecule has 0 amide bonds. The fraction of sp³-hybridized carbons (Fsp3) is 0.214. The zero-order valence-corrected chi connectivity index (χ0v) is 30.6. The topological polar surface area (TPSA) is 150 Å². The minimum Gasteiger partial charge on any atom is -0.493 e. The summed E-state index contributed by atoms with van der Waals surface area (Å²) in [6, 6.07) is 23.7. The molecule has 0 saturated heterocycles. The summed E-state index contributed by atoms with van der Waals surface area (Å²) < 4.78 is 32.2. The van der Waals surface area contributed by atoms with Crippen molar-refractivity contribution in [2.75, 3.05) is 27.4 Å². The number of hydrogen-bond acceptors (Lipinski definition) is 13. The smallest absolute Gasteiger partial charge is 0.343 e. The largest absolute Gasteiger partial charge is 0.493 e. The van der Waals surface area contributed by atoms with Crippen molar-refractivity contribution in [2.45, 2.75) is 32.3 Å². The molecule has 0 fully saturated rings. The highest BCUT2D eigenvalue weighted by atomic mass is 17.2. The van der Waals surface area contributed by atoms with Gasteiger partial charge in [0.2, 0.25) is 0 Å². The molecule has 286 valence electrons. The molecule has 0 aliphatic rings. The summed E-state index contributed by atoms with van der Waals surface area (Å²) in [5, 5.41) is 8.19. The first-order valence-electron chi connectivity index (χ1n) is 17.2. The molecule has 55 heavy (non-hydrogen) atoms. The Morgan fingerprint density at radius 1 is 0.618 bits per heavy atom. The third-order valence-corrected chi connectivity index (χ3v) is 7.54. The first-order chi connectivity index (χ1) is 26.8. The van der Waals surface area contributed by atoms with Gasteiger partial charge in [0.15, 0.2) is 28.7 Å². The molecule has 0 atom stereocenters. The van der Waals surface area contributed by atoms with Crippen LogP contribution in [-0.4, -0.2) is 57.8 Å². The minimum absolute atomic E-state index is 0.121. The number of nitrogens with zero attached hydrogens (tertiary/aromatic N) is 2. The highest BCUT2D eigenvalue weighted by molar-refractivity contribution is 5.92. The van der Waals surface area contributed by atoms with E-state index in [1.54, 1.807) is 97.4 Å².